The molecule has 28 heavy (non-hydrogen) atoms. The van der Waals surface area contributed by atoms with Gasteiger partial charge in [-0.25, -0.2) is 9.18 Å². The zero-order valence-electron chi connectivity index (χ0n) is 15.8. The van der Waals surface area contributed by atoms with Crippen molar-refractivity contribution >= 4 is 27.5 Å². The van der Waals surface area contributed by atoms with E-state index in [0.717, 1.165) is 28.0 Å². The average Bonchev–Trinajstić information content (AvgIpc) is 2.69. The highest BCUT2D eigenvalue weighted by atomic mass is 19.1. The fraction of sp³-hybridized carbons (Fsp3) is 0.125. The molecule has 0 spiro atoms. The van der Waals surface area contributed by atoms with Gasteiger partial charge < -0.3 is 9.84 Å². The van der Waals surface area contributed by atoms with Crippen molar-refractivity contribution in [2.75, 3.05) is 7.11 Å². The van der Waals surface area contributed by atoms with E-state index in [2.05, 4.69) is 32.0 Å². The number of ether oxygens (including phenoxy) is 1. The molecule has 0 aliphatic carbocycles. The quantitative estimate of drug-likeness (QED) is 0.470. The van der Waals surface area contributed by atoms with Gasteiger partial charge in [-0.1, -0.05) is 24.3 Å². The van der Waals surface area contributed by atoms with E-state index < -0.39 is 11.8 Å². The van der Waals surface area contributed by atoms with E-state index in [0.29, 0.717) is 16.5 Å². The molecule has 4 aromatic carbocycles. The summed E-state index contributed by atoms with van der Waals surface area (Å²) in [7, 11) is 1.62. The molecule has 0 fully saturated rings. The summed E-state index contributed by atoms with van der Waals surface area (Å²) < 4.78 is 20.2. The Balaban J connectivity index is 1.97. The predicted octanol–water partition coefficient (Wildman–Crippen LogP) is 6.12. The summed E-state index contributed by atoms with van der Waals surface area (Å²) in [6, 6.07) is 16.1. The molecule has 0 heterocycles. The van der Waals surface area contributed by atoms with Crippen molar-refractivity contribution in [2.45, 2.75) is 13.8 Å². The van der Waals surface area contributed by atoms with Gasteiger partial charge in [-0.05, 0) is 77.0 Å². The summed E-state index contributed by atoms with van der Waals surface area (Å²) in [4.78, 5) is 11.2. The first-order valence-electron chi connectivity index (χ1n) is 8.94. The van der Waals surface area contributed by atoms with Crippen molar-refractivity contribution in [3.8, 4) is 16.9 Å². The second-order valence-electron chi connectivity index (χ2n) is 6.98. The van der Waals surface area contributed by atoms with E-state index in [1.807, 2.05) is 12.1 Å². The maximum absolute atomic E-state index is 14.6. The van der Waals surface area contributed by atoms with E-state index in [9.17, 15) is 9.18 Å². The number of fused-ring (bicyclic) bond motifs is 2. The highest BCUT2D eigenvalue weighted by Gasteiger charge is 2.14. The van der Waals surface area contributed by atoms with Gasteiger partial charge in [-0.3, -0.25) is 0 Å². The monoisotopic (exact) mass is 374 g/mol. The first kappa shape index (κ1) is 18.0. The summed E-state index contributed by atoms with van der Waals surface area (Å²) >= 11 is 0. The molecule has 4 heteroatoms. The van der Waals surface area contributed by atoms with Crippen LogP contribution in [0, 0.1) is 19.7 Å². The lowest BCUT2D eigenvalue weighted by Gasteiger charge is -2.14. The number of carboxylic acid groups (broad SMARTS) is 1. The van der Waals surface area contributed by atoms with E-state index in [1.165, 1.54) is 17.2 Å². The minimum Gasteiger partial charge on any atom is -0.496 e. The number of aromatic carboxylic acids is 1. The van der Waals surface area contributed by atoms with E-state index in [-0.39, 0.29) is 5.56 Å². The lowest BCUT2D eigenvalue weighted by Crippen LogP contribution is -1.97. The first-order valence-corrected chi connectivity index (χ1v) is 8.94. The number of rotatable bonds is 3. The maximum atomic E-state index is 14.6. The Morgan fingerprint density at radius 3 is 2.36 bits per heavy atom. The number of carbonyl (C=O) groups is 1. The van der Waals surface area contributed by atoms with Crippen LogP contribution in [-0.4, -0.2) is 18.2 Å². The lowest BCUT2D eigenvalue weighted by molar-refractivity contribution is 0.0696. The SMILES string of the molecule is COc1cc2ccc(C)c(C)c2cc1-c1ccc2cc(C(=O)O)cc(F)c2c1. The number of methoxy groups -OCH3 is 1. The van der Waals surface area contributed by atoms with Gasteiger partial charge in [0.15, 0.2) is 0 Å². The van der Waals surface area contributed by atoms with E-state index in [4.69, 9.17) is 9.84 Å². The van der Waals surface area contributed by atoms with Crippen molar-refractivity contribution < 1.29 is 19.0 Å². The second-order valence-corrected chi connectivity index (χ2v) is 6.98. The molecule has 0 saturated heterocycles. The summed E-state index contributed by atoms with van der Waals surface area (Å²) in [6.45, 7) is 4.16. The molecule has 4 aromatic rings. The Kier molecular flexibility index (Phi) is 4.27. The normalized spacial score (nSPS) is 11.1. The molecule has 4 rings (SSSR count). The van der Waals surface area contributed by atoms with Gasteiger partial charge in [-0.2, -0.15) is 0 Å². The molecule has 3 nitrogen and oxygen atoms in total. The number of aryl methyl sites for hydroxylation is 2. The van der Waals surface area contributed by atoms with Gasteiger partial charge in [-0.15, -0.1) is 0 Å². The van der Waals surface area contributed by atoms with Crippen LogP contribution in [-0.2, 0) is 0 Å². The fourth-order valence-corrected chi connectivity index (χ4v) is 3.61. The van der Waals surface area contributed by atoms with Crippen LogP contribution < -0.4 is 4.74 Å². The Morgan fingerprint density at radius 1 is 0.929 bits per heavy atom. The molecule has 0 aromatic heterocycles. The van der Waals surface area contributed by atoms with Crippen LogP contribution in [0.25, 0.3) is 32.7 Å². The molecular formula is C24H19FO3. The number of hydrogen-bond acceptors (Lipinski definition) is 2. The first-order chi connectivity index (χ1) is 13.4. The third-order valence-corrected chi connectivity index (χ3v) is 5.34. The molecule has 0 atom stereocenters. The third kappa shape index (κ3) is 2.87. The lowest BCUT2D eigenvalue weighted by atomic mass is 9.94. The van der Waals surface area contributed by atoms with Crippen LogP contribution in [0.5, 0.6) is 5.75 Å². The molecule has 0 radical (unpaired) electrons. The maximum Gasteiger partial charge on any atom is 0.335 e. The fourth-order valence-electron chi connectivity index (χ4n) is 3.61. The minimum atomic E-state index is -1.15. The molecule has 1 N–H and O–H groups in total. The topological polar surface area (TPSA) is 46.5 Å². The average molecular weight is 374 g/mol. The minimum absolute atomic E-state index is 0.0628. The summed E-state index contributed by atoms with van der Waals surface area (Å²) in [5.74, 6) is -0.992. The van der Waals surface area contributed by atoms with Crippen LogP contribution in [0.2, 0.25) is 0 Å². The standard InChI is InChI=1S/C24H19FO3/c1-13-4-5-17-11-23(28-3)21(12-19(17)14(13)2)16-7-6-15-8-18(24(26)27)10-22(25)20(15)9-16/h4-12H,1-3H3,(H,26,27). The highest BCUT2D eigenvalue weighted by molar-refractivity contribution is 5.98. The molecule has 0 amide bonds. The Hall–Kier alpha value is -3.40. The Bertz CT molecular complexity index is 1260. The van der Waals surface area contributed by atoms with Crippen molar-refractivity contribution in [1.29, 1.82) is 0 Å². The molecule has 0 aliphatic heterocycles. The smallest absolute Gasteiger partial charge is 0.335 e. The number of benzene rings is 4. The molecule has 0 aliphatic rings. The van der Waals surface area contributed by atoms with Gasteiger partial charge in [0.05, 0.1) is 12.7 Å². The zero-order chi connectivity index (χ0) is 20.0. The van der Waals surface area contributed by atoms with Gasteiger partial charge >= 0.3 is 5.97 Å². The summed E-state index contributed by atoms with van der Waals surface area (Å²) in [5, 5.41) is 12.3. The van der Waals surface area contributed by atoms with Crippen molar-refractivity contribution in [1.82, 2.24) is 0 Å². The predicted molar refractivity (Wildman–Crippen MR) is 110 cm³/mol. The van der Waals surface area contributed by atoms with Crippen LogP contribution in [0.15, 0.2) is 54.6 Å². The molecule has 0 bridgehead atoms. The molecule has 0 unspecified atom stereocenters. The Labute approximate surface area is 162 Å². The van der Waals surface area contributed by atoms with Gasteiger partial charge in [0.25, 0.3) is 0 Å². The summed E-state index contributed by atoms with van der Waals surface area (Å²) in [6.07, 6.45) is 0. The van der Waals surface area contributed by atoms with Gasteiger partial charge in [0.2, 0.25) is 0 Å². The van der Waals surface area contributed by atoms with E-state index in [1.54, 1.807) is 19.2 Å². The van der Waals surface area contributed by atoms with Crippen molar-refractivity contribution in [3.63, 3.8) is 0 Å². The van der Waals surface area contributed by atoms with Gasteiger partial charge in [0, 0.05) is 10.9 Å². The van der Waals surface area contributed by atoms with Crippen molar-refractivity contribution in [3.05, 3.63) is 77.1 Å². The third-order valence-electron chi connectivity index (χ3n) is 5.34. The molecule has 140 valence electrons. The Morgan fingerprint density at radius 2 is 1.64 bits per heavy atom. The van der Waals surface area contributed by atoms with Crippen LogP contribution >= 0.6 is 0 Å². The number of carboxylic acids is 1. The van der Waals surface area contributed by atoms with Gasteiger partial charge in [0.1, 0.15) is 11.6 Å². The van der Waals surface area contributed by atoms with Crippen LogP contribution in [0.4, 0.5) is 4.39 Å². The van der Waals surface area contributed by atoms with Crippen LogP contribution in [0.1, 0.15) is 21.5 Å². The zero-order valence-corrected chi connectivity index (χ0v) is 15.8. The summed E-state index contributed by atoms with van der Waals surface area (Å²) in [5.41, 5.74) is 4.02. The largest absolute Gasteiger partial charge is 0.496 e. The molecule has 0 saturated carbocycles. The highest BCUT2D eigenvalue weighted by Crippen LogP contribution is 2.37. The molecular weight excluding hydrogens is 355 g/mol. The van der Waals surface area contributed by atoms with Crippen molar-refractivity contribution in [2.24, 2.45) is 0 Å². The number of halogens is 1. The van der Waals surface area contributed by atoms with E-state index >= 15 is 0 Å². The van der Waals surface area contributed by atoms with Crippen LogP contribution in [0.3, 0.4) is 0 Å². The number of hydrogen-bond donors (Lipinski definition) is 1. The second kappa shape index (κ2) is 6.64.